The van der Waals surface area contributed by atoms with Crippen molar-refractivity contribution < 1.29 is 23.0 Å². The average molecular weight is 268 g/mol. The molecule has 2 heterocycles. The zero-order valence-electron chi connectivity index (χ0n) is 10.3. The van der Waals surface area contributed by atoms with Crippen LogP contribution in [0, 0.1) is 11.6 Å². The molecule has 102 valence electrons. The largest absolute Gasteiger partial charge is 0.361 e. The second kappa shape index (κ2) is 3.75. The summed E-state index contributed by atoms with van der Waals surface area (Å²) in [4.78, 5) is 0. The van der Waals surface area contributed by atoms with Crippen molar-refractivity contribution in [3.05, 3.63) is 35.4 Å². The van der Waals surface area contributed by atoms with Crippen LogP contribution >= 0.6 is 0 Å². The van der Waals surface area contributed by atoms with E-state index in [0.717, 1.165) is 12.1 Å². The van der Waals surface area contributed by atoms with Crippen LogP contribution in [0.4, 0.5) is 8.78 Å². The highest BCUT2D eigenvalue weighted by Gasteiger charge is 2.65. The summed E-state index contributed by atoms with van der Waals surface area (Å²) in [5.41, 5.74) is -0.349. The molecule has 0 amide bonds. The molecule has 0 aromatic heterocycles. The summed E-state index contributed by atoms with van der Waals surface area (Å²) >= 11 is 0. The average Bonchev–Trinajstić information content (AvgIpc) is 2.94. The molecule has 1 saturated carbocycles. The van der Waals surface area contributed by atoms with Crippen LogP contribution in [0.15, 0.2) is 18.2 Å². The highest BCUT2D eigenvalue weighted by Crippen LogP contribution is 2.59. The van der Waals surface area contributed by atoms with Crippen LogP contribution in [-0.4, -0.2) is 25.1 Å². The zero-order chi connectivity index (χ0) is 13.1. The van der Waals surface area contributed by atoms with Gasteiger partial charge in [-0.15, -0.1) is 0 Å². The van der Waals surface area contributed by atoms with Gasteiger partial charge in [-0.25, -0.2) is 8.78 Å². The van der Waals surface area contributed by atoms with Crippen molar-refractivity contribution in [2.24, 2.45) is 0 Å². The summed E-state index contributed by atoms with van der Waals surface area (Å²) in [5.74, 6) is -1.41. The van der Waals surface area contributed by atoms with Gasteiger partial charge in [0.15, 0.2) is 5.79 Å². The summed E-state index contributed by atoms with van der Waals surface area (Å²) in [6.07, 6.45) is 1.69. The first-order chi connectivity index (χ1) is 9.14. The first-order valence-electron chi connectivity index (χ1n) is 6.55. The van der Waals surface area contributed by atoms with Crippen LogP contribution in [0.5, 0.6) is 0 Å². The van der Waals surface area contributed by atoms with E-state index in [1.165, 1.54) is 6.07 Å². The maximum Gasteiger partial charge on any atom is 0.171 e. The third-order valence-electron chi connectivity index (χ3n) is 4.39. The number of epoxide rings is 1. The molecule has 2 aliphatic heterocycles. The van der Waals surface area contributed by atoms with Crippen LogP contribution in [-0.2, 0) is 19.8 Å². The lowest BCUT2D eigenvalue weighted by Gasteiger charge is -2.32. The van der Waals surface area contributed by atoms with Gasteiger partial charge >= 0.3 is 0 Å². The molecule has 3 nitrogen and oxygen atoms in total. The summed E-state index contributed by atoms with van der Waals surface area (Å²) in [6, 6.07) is 3.52. The Morgan fingerprint density at radius 2 is 1.89 bits per heavy atom. The van der Waals surface area contributed by atoms with Crippen molar-refractivity contribution in [2.75, 3.05) is 13.2 Å². The van der Waals surface area contributed by atoms with E-state index in [9.17, 15) is 8.78 Å². The predicted molar refractivity (Wildman–Crippen MR) is 61.4 cm³/mol. The first kappa shape index (κ1) is 11.8. The van der Waals surface area contributed by atoms with Gasteiger partial charge in [-0.3, -0.25) is 0 Å². The molecule has 5 heteroatoms. The van der Waals surface area contributed by atoms with Crippen LogP contribution in [0.3, 0.4) is 0 Å². The van der Waals surface area contributed by atoms with Crippen LogP contribution in [0.2, 0.25) is 0 Å². The molecule has 19 heavy (non-hydrogen) atoms. The highest BCUT2D eigenvalue weighted by molar-refractivity contribution is 5.33. The Morgan fingerprint density at radius 3 is 2.63 bits per heavy atom. The molecule has 2 atom stereocenters. The Hall–Kier alpha value is -1.04. The molecule has 2 saturated heterocycles. The van der Waals surface area contributed by atoms with Gasteiger partial charge in [0, 0.05) is 18.4 Å². The third kappa shape index (κ3) is 1.65. The number of rotatable bonds is 1. The quantitative estimate of drug-likeness (QED) is 0.733. The van der Waals surface area contributed by atoms with Crippen molar-refractivity contribution >= 4 is 0 Å². The van der Waals surface area contributed by atoms with Crippen molar-refractivity contribution in [1.82, 2.24) is 0 Å². The lowest BCUT2D eigenvalue weighted by Crippen LogP contribution is -2.39. The van der Waals surface area contributed by atoms with Crippen LogP contribution < -0.4 is 0 Å². The molecular weight excluding hydrogens is 254 g/mol. The molecule has 1 aliphatic carbocycles. The van der Waals surface area contributed by atoms with Gasteiger partial charge in [-0.05, 0) is 24.6 Å². The van der Waals surface area contributed by atoms with E-state index >= 15 is 0 Å². The van der Waals surface area contributed by atoms with E-state index in [2.05, 4.69) is 0 Å². The SMILES string of the molecule is Fc1ccc(F)c([C@]23CCC4(C[C@@H]2O3)OCCO4)c1. The number of benzene rings is 1. The molecule has 0 bridgehead atoms. The topological polar surface area (TPSA) is 31.0 Å². The smallest absolute Gasteiger partial charge is 0.171 e. The van der Waals surface area contributed by atoms with E-state index in [1.54, 1.807) is 0 Å². The van der Waals surface area contributed by atoms with Crippen LogP contribution in [0.25, 0.3) is 0 Å². The fourth-order valence-electron chi connectivity index (χ4n) is 3.36. The number of ether oxygens (including phenoxy) is 3. The molecule has 1 aromatic carbocycles. The fraction of sp³-hybridized carbons (Fsp3) is 0.571. The molecule has 1 spiro atoms. The van der Waals surface area contributed by atoms with Crippen molar-refractivity contribution in [3.63, 3.8) is 0 Å². The van der Waals surface area contributed by atoms with Gasteiger partial charge in [-0.2, -0.15) is 0 Å². The number of hydrogen-bond acceptors (Lipinski definition) is 3. The molecule has 0 N–H and O–H groups in total. The number of hydrogen-bond donors (Lipinski definition) is 0. The summed E-state index contributed by atoms with van der Waals surface area (Å²) < 4.78 is 44.2. The number of fused-ring (bicyclic) bond motifs is 1. The van der Waals surface area contributed by atoms with Gasteiger partial charge in [0.1, 0.15) is 17.2 Å². The predicted octanol–water partition coefficient (Wildman–Crippen LogP) is 2.49. The molecule has 3 aliphatic rings. The summed E-state index contributed by atoms with van der Waals surface area (Å²) in [5, 5.41) is 0. The fourth-order valence-corrected chi connectivity index (χ4v) is 3.36. The lowest BCUT2D eigenvalue weighted by atomic mass is 9.80. The van der Waals surface area contributed by atoms with Gasteiger partial charge in [0.2, 0.25) is 0 Å². The van der Waals surface area contributed by atoms with Crippen molar-refractivity contribution in [2.45, 2.75) is 36.8 Å². The second-order valence-corrected chi connectivity index (χ2v) is 5.43. The molecule has 3 fully saturated rings. The Balaban J connectivity index is 1.63. The Bertz CT molecular complexity index is 527. The standard InChI is InChI=1S/C14H14F2O3/c15-9-1-2-11(16)10(7-9)14-4-3-13(8-12(14)19-14)17-5-6-18-13/h1-2,7,12H,3-6,8H2/t12-,14+/m0/s1. The molecule has 0 radical (unpaired) electrons. The van der Waals surface area contributed by atoms with E-state index in [4.69, 9.17) is 14.2 Å². The zero-order valence-corrected chi connectivity index (χ0v) is 10.3. The lowest BCUT2D eigenvalue weighted by molar-refractivity contribution is -0.175. The van der Waals surface area contributed by atoms with E-state index < -0.39 is 23.0 Å². The molecule has 0 unspecified atom stereocenters. The minimum Gasteiger partial charge on any atom is -0.361 e. The van der Waals surface area contributed by atoms with Gasteiger partial charge in [0.05, 0.1) is 19.3 Å². The van der Waals surface area contributed by atoms with E-state index in [-0.39, 0.29) is 6.10 Å². The Labute approximate surface area is 109 Å². The first-order valence-corrected chi connectivity index (χ1v) is 6.55. The maximum atomic E-state index is 13.9. The Morgan fingerprint density at radius 1 is 1.11 bits per heavy atom. The monoisotopic (exact) mass is 268 g/mol. The summed E-state index contributed by atoms with van der Waals surface area (Å²) in [7, 11) is 0. The van der Waals surface area contributed by atoms with Crippen molar-refractivity contribution in [3.8, 4) is 0 Å². The van der Waals surface area contributed by atoms with Gasteiger partial charge in [0.25, 0.3) is 0 Å². The van der Waals surface area contributed by atoms with Gasteiger partial charge < -0.3 is 14.2 Å². The Kier molecular flexibility index (Phi) is 2.32. The summed E-state index contributed by atoms with van der Waals surface area (Å²) in [6.45, 7) is 1.18. The normalized spacial score (nSPS) is 35.4. The van der Waals surface area contributed by atoms with Crippen molar-refractivity contribution in [1.29, 1.82) is 0 Å². The minimum atomic E-state index is -0.674. The van der Waals surface area contributed by atoms with Gasteiger partial charge in [-0.1, -0.05) is 0 Å². The molecular formula is C14H14F2O3. The maximum absolute atomic E-state index is 13.9. The molecule has 1 aromatic rings. The second-order valence-electron chi connectivity index (χ2n) is 5.43. The van der Waals surface area contributed by atoms with E-state index in [0.29, 0.717) is 38.0 Å². The third-order valence-corrected chi connectivity index (χ3v) is 4.39. The number of halogens is 2. The highest BCUT2D eigenvalue weighted by atomic mass is 19.1. The molecule has 4 rings (SSSR count). The van der Waals surface area contributed by atoms with Crippen LogP contribution in [0.1, 0.15) is 24.8 Å². The minimum absolute atomic E-state index is 0.143. The van der Waals surface area contributed by atoms with E-state index in [1.807, 2.05) is 0 Å².